The van der Waals surface area contributed by atoms with E-state index in [1.165, 1.54) is 11.4 Å². The molecule has 1 aromatic heterocycles. The molecule has 0 aliphatic carbocycles. The first-order valence-corrected chi connectivity index (χ1v) is 7.89. The number of rotatable bonds is 7. The summed E-state index contributed by atoms with van der Waals surface area (Å²) in [7, 11) is -0.332. The Kier molecular flexibility index (Phi) is 5.79. The second-order valence-corrected chi connectivity index (χ2v) is 6.46. The van der Waals surface area contributed by atoms with Gasteiger partial charge in [-0.3, -0.25) is 4.68 Å². The molecule has 0 fully saturated rings. The number of aromatic nitrogens is 2. The van der Waals surface area contributed by atoms with E-state index in [1.807, 2.05) is 0 Å². The molecule has 1 rings (SSSR count). The highest BCUT2D eigenvalue weighted by Gasteiger charge is 2.29. The maximum absolute atomic E-state index is 12.6. The number of methoxy groups -OCH3 is 1. The SMILES string of the molecule is COCCN(CCCl)S(=O)(=O)c1c(C)nn(C)c1C. The van der Waals surface area contributed by atoms with E-state index in [0.29, 0.717) is 18.0 Å². The molecule has 0 saturated heterocycles. The van der Waals surface area contributed by atoms with Gasteiger partial charge in [0.2, 0.25) is 10.0 Å². The Labute approximate surface area is 119 Å². The molecule has 0 aliphatic rings. The van der Waals surface area contributed by atoms with Crippen molar-refractivity contribution in [3.8, 4) is 0 Å². The summed E-state index contributed by atoms with van der Waals surface area (Å²) >= 11 is 5.69. The Hall–Kier alpha value is -0.630. The Bertz CT molecular complexity index is 528. The molecule has 1 heterocycles. The topological polar surface area (TPSA) is 64.4 Å². The smallest absolute Gasteiger partial charge is 0.246 e. The van der Waals surface area contributed by atoms with Crippen molar-refractivity contribution >= 4 is 21.6 Å². The molecule has 110 valence electrons. The van der Waals surface area contributed by atoms with Crippen molar-refractivity contribution in [1.29, 1.82) is 0 Å². The molecule has 8 heteroatoms. The Morgan fingerprint density at radius 2 is 2.00 bits per heavy atom. The third kappa shape index (κ3) is 3.47. The van der Waals surface area contributed by atoms with Crippen molar-refractivity contribution in [2.45, 2.75) is 18.7 Å². The molecule has 19 heavy (non-hydrogen) atoms. The summed E-state index contributed by atoms with van der Waals surface area (Å²) in [5.41, 5.74) is 1.12. The second-order valence-electron chi connectivity index (χ2n) is 4.21. The lowest BCUT2D eigenvalue weighted by Crippen LogP contribution is -2.36. The quantitative estimate of drug-likeness (QED) is 0.702. The third-order valence-corrected chi connectivity index (χ3v) is 5.24. The molecule has 0 atom stereocenters. The summed E-state index contributed by atoms with van der Waals surface area (Å²) in [5, 5.41) is 4.15. The fourth-order valence-corrected chi connectivity index (χ4v) is 4.02. The number of sulfonamides is 1. The van der Waals surface area contributed by atoms with Crippen LogP contribution in [0.1, 0.15) is 11.4 Å². The molecule has 0 N–H and O–H groups in total. The summed E-state index contributed by atoms with van der Waals surface area (Å²) in [5.74, 6) is 0.237. The van der Waals surface area contributed by atoms with E-state index < -0.39 is 10.0 Å². The largest absolute Gasteiger partial charge is 0.383 e. The standard InChI is InChI=1S/C11H20ClN3O3S/c1-9-11(10(2)14(3)13-9)19(16,17)15(6-5-12)7-8-18-4/h5-8H2,1-4H3. The number of hydrogen-bond acceptors (Lipinski definition) is 4. The van der Waals surface area contributed by atoms with Crippen LogP contribution >= 0.6 is 11.6 Å². The van der Waals surface area contributed by atoms with Gasteiger partial charge in [-0.15, -0.1) is 11.6 Å². The van der Waals surface area contributed by atoms with E-state index in [-0.39, 0.29) is 23.9 Å². The second kappa shape index (κ2) is 6.69. The van der Waals surface area contributed by atoms with Crippen LogP contribution in [0.3, 0.4) is 0 Å². The minimum atomic E-state index is -3.59. The van der Waals surface area contributed by atoms with Crippen molar-refractivity contribution < 1.29 is 13.2 Å². The molecule has 0 saturated carbocycles. The summed E-state index contributed by atoms with van der Waals surface area (Å²) in [6.45, 7) is 4.28. The predicted octanol–water partition coefficient (Wildman–Crippen LogP) is 0.913. The van der Waals surface area contributed by atoms with Crippen molar-refractivity contribution in [3.05, 3.63) is 11.4 Å². The highest BCUT2D eigenvalue weighted by atomic mass is 35.5. The van der Waals surface area contributed by atoms with Crippen molar-refractivity contribution in [2.75, 3.05) is 32.7 Å². The highest BCUT2D eigenvalue weighted by Crippen LogP contribution is 2.22. The van der Waals surface area contributed by atoms with Crippen LogP contribution < -0.4 is 0 Å². The highest BCUT2D eigenvalue weighted by molar-refractivity contribution is 7.89. The van der Waals surface area contributed by atoms with Crippen LogP contribution in [0.5, 0.6) is 0 Å². The molecular weight excluding hydrogens is 290 g/mol. The first-order valence-electron chi connectivity index (χ1n) is 5.91. The molecule has 0 radical (unpaired) electrons. The minimum Gasteiger partial charge on any atom is -0.383 e. The van der Waals surface area contributed by atoms with Gasteiger partial charge in [-0.2, -0.15) is 9.40 Å². The molecule has 0 bridgehead atoms. The summed E-state index contributed by atoms with van der Waals surface area (Å²) in [6, 6.07) is 0. The maximum atomic E-state index is 12.6. The average molecular weight is 310 g/mol. The lowest BCUT2D eigenvalue weighted by molar-refractivity contribution is 0.180. The van der Waals surface area contributed by atoms with Crippen LogP contribution in [0.15, 0.2) is 4.90 Å². The van der Waals surface area contributed by atoms with Crippen LogP contribution in [0.2, 0.25) is 0 Å². The normalized spacial score (nSPS) is 12.3. The zero-order valence-corrected chi connectivity index (χ0v) is 13.3. The van der Waals surface area contributed by atoms with Crippen LogP contribution in [-0.4, -0.2) is 55.2 Å². The van der Waals surface area contributed by atoms with E-state index in [2.05, 4.69) is 5.10 Å². The first kappa shape index (κ1) is 16.4. The molecule has 0 unspecified atom stereocenters. The van der Waals surface area contributed by atoms with Gasteiger partial charge >= 0.3 is 0 Å². The van der Waals surface area contributed by atoms with Gasteiger partial charge in [0.1, 0.15) is 4.90 Å². The predicted molar refractivity (Wildman–Crippen MR) is 74.0 cm³/mol. The molecule has 0 spiro atoms. The number of halogens is 1. The van der Waals surface area contributed by atoms with Gasteiger partial charge in [-0.05, 0) is 13.8 Å². The summed E-state index contributed by atoms with van der Waals surface area (Å²) < 4.78 is 33.1. The molecule has 0 aromatic carbocycles. The van der Waals surface area contributed by atoms with E-state index in [4.69, 9.17) is 16.3 Å². The van der Waals surface area contributed by atoms with Crippen LogP contribution in [0.25, 0.3) is 0 Å². The fourth-order valence-electron chi connectivity index (χ4n) is 1.90. The maximum Gasteiger partial charge on any atom is 0.246 e. The third-order valence-electron chi connectivity index (χ3n) is 2.92. The van der Waals surface area contributed by atoms with Gasteiger partial charge in [0.25, 0.3) is 0 Å². The zero-order chi connectivity index (χ0) is 14.6. The number of hydrogen-bond donors (Lipinski definition) is 0. The van der Waals surface area contributed by atoms with Crippen molar-refractivity contribution in [1.82, 2.24) is 14.1 Å². The Morgan fingerprint density at radius 3 is 2.42 bits per heavy atom. The fraction of sp³-hybridized carbons (Fsp3) is 0.727. The van der Waals surface area contributed by atoms with Crippen LogP contribution in [0, 0.1) is 13.8 Å². The molecule has 6 nitrogen and oxygen atoms in total. The molecule has 0 aliphatic heterocycles. The monoisotopic (exact) mass is 309 g/mol. The summed E-state index contributed by atoms with van der Waals surface area (Å²) in [4.78, 5) is 0.260. The van der Waals surface area contributed by atoms with E-state index >= 15 is 0 Å². The summed E-state index contributed by atoms with van der Waals surface area (Å²) in [6.07, 6.45) is 0. The van der Waals surface area contributed by atoms with Gasteiger partial charge in [0.15, 0.2) is 0 Å². The lowest BCUT2D eigenvalue weighted by Gasteiger charge is -2.21. The molecule has 0 amide bonds. The van der Waals surface area contributed by atoms with Gasteiger partial charge in [-0.25, -0.2) is 8.42 Å². The Balaban J connectivity index is 3.18. The van der Waals surface area contributed by atoms with Gasteiger partial charge in [0.05, 0.1) is 18.0 Å². The van der Waals surface area contributed by atoms with Gasteiger partial charge in [-0.1, -0.05) is 0 Å². The van der Waals surface area contributed by atoms with Crippen molar-refractivity contribution in [3.63, 3.8) is 0 Å². The zero-order valence-electron chi connectivity index (χ0n) is 11.7. The number of ether oxygens (including phenoxy) is 1. The van der Waals surface area contributed by atoms with Crippen molar-refractivity contribution in [2.24, 2.45) is 7.05 Å². The number of aryl methyl sites for hydroxylation is 2. The number of nitrogens with zero attached hydrogens (tertiary/aromatic N) is 3. The molecule has 1 aromatic rings. The van der Waals surface area contributed by atoms with E-state index in [1.54, 1.807) is 25.6 Å². The van der Waals surface area contributed by atoms with E-state index in [9.17, 15) is 8.42 Å². The average Bonchev–Trinajstić information content (AvgIpc) is 2.58. The lowest BCUT2D eigenvalue weighted by atomic mass is 10.4. The van der Waals surface area contributed by atoms with E-state index in [0.717, 1.165) is 0 Å². The number of alkyl halides is 1. The minimum absolute atomic E-state index is 0.237. The van der Waals surface area contributed by atoms with Crippen LogP contribution in [0.4, 0.5) is 0 Å². The van der Waals surface area contributed by atoms with Crippen LogP contribution in [-0.2, 0) is 21.8 Å². The van der Waals surface area contributed by atoms with Gasteiger partial charge < -0.3 is 4.74 Å². The van der Waals surface area contributed by atoms with Gasteiger partial charge in [0, 0.05) is 33.1 Å². The molecular formula is C11H20ClN3O3S. The Morgan fingerprint density at radius 1 is 1.37 bits per heavy atom. The first-order chi connectivity index (χ1) is 8.86.